The average molecular weight is 248 g/mol. The second-order valence-corrected chi connectivity index (χ2v) is 5.25. The third-order valence-corrected chi connectivity index (χ3v) is 3.82. The molecule has 18 heavy (non-hydrogen) atoms. The van der Waals surface area contributed by atoms with Crippen LogP contribution in [0.1, 0.15) is 18.4 Å². The van der Waals surface area contributed by atoms with Gasteiger partial charge in [-0.1, -0.05) is 6.07 Å². The van der Waals surface area contributed by atoms with Gasteiger partial charge < -0.3 is 10.2 Å². The summed E-state index contributed by atoms with van der Waals surface area (Å²) >= 11 is 0. The Morgan fingerprint density at radius 3 is 2.67 bits per heavy atom. The molecule has 0 atom stereocenters. The molecule has 0 bridgehead atoms. The van der Waals surface area contributed by atoms with Crippen LogP contribution >= 0.6 is 0 Å². The maximum Gasteiger partial charge on any atom is 0.125 e. The number of rotatable bonds is 4. The minimum Gasteiger partial charge on any atom is -0.373 e. The molecule has 0 spiro atoms. The molecule has 2 heterocycles. The van der Waals surface area contributed by atoms with Gasteiger partial charge in [0.25, 0.3) is 0 Å². The number of nitrogens with zero attached hydrogens (tertiary/aromatic N) is 3. The Balaban J connectivity index is 1.87. The van der Waals surface area contributed by atoms with Crippen LogP contribution in [-0.4, -0.2) is 55.1 Å². The van der Waals surface area contributed by atoms with Crippen molar-refractivity contribution in [3.8, 4) is 0 Å². The van der Waals surface area contributed by atoms with E-state index in [4.69, 9.17) is 0 Å². The summed E-state index contributed by atoms with van der Waals surface area (Å²) < 4.78 is 0. The van der Waals surface area contributed by atoms with Crippen LogP contribution in [0.4, 0.5) is 5.82 Å². The van der Waals surface area contributed by atoms with Gasteiger partial charge in [0.2, 0.25) is 0 Å². The predicted molar refractivity (Wildman–Crippen MR) is 75.8 cm³/mol. The molecule has 1 aromatic rings. The van der Waals surface area contributed by atoms with Crippen LogP contribution in [0.2, 0.25) is 0 Å². The maximum absolute atomic E-state index is 4.36. The lowest BCUT2D eigenvalue weighted by Crippen LogP contribution is -2.41. The van der Waals surface area contributed by atoms with Crippen LogP contribution in [0, 0.1) is 0 Å². The highest BCUT2D eigenvalue weighted by atomic mass is 15.2. The normalized spacial score (nSPS) is 18.2. The fraction of sp³-hybridized carbons (Fsp3) is 0.643. The largest absolute Gasteiger partial charge is 0.373 e. The van der Waals surface area contributed by atoms with Crippen molar-refractivity contribution in [2.45, 2.75) is 25.4 Å². The van der Waals surface area contributed by atoms with E-state index in [1.807, 2.05) is 19.3 Å². The van der Waals surface area contributed by atoms with Gasteiger partial charge in [-0.05, 0) is 51.7 Å². The standard InChI is InChI=1S/C14H24N4/c1-15-14-5-4-12(10-16-14)11-18(3)13-6-8-17(2)9-7-13/h4-5,10,13H,6-9,11H2,1-3H3,(H,15,16). The lowest BCUT2D eigenvalue weighted by atomic mass is 10.0. The highest BCUT2D eigenvalue weighted by Gasteiger charge is 2.20. The molecule has 1 N–H and O–H groups in total. The van der Waals surface area contributed by atoms with E-state index in [1.165, 1.54) is 31.5 Å². The van der Waals surface area contributed by atoms with Crippen molar-refractivity contribution < 1.29 is 0 Å². The number of anilines is 1. The summed E-state index contributed by atoms with van der Waals surface area (Å²) in [6.45, 7) is 3.42. The average Bonchev–Trinajstić information content (AvgIpc) is 2.40. The highest BCUT2D eigenvalue weighted by Crippen LogP contribution is 2.16. The molecule has 4 nitrogen and oxygen atoms in total. The monoisotopic (exact) mass is 248 g/mol. The molecule has 0 amide bonds. The second-order valence-electron chi connectivity index (χ2n) is 5.25. The van der Waals surface area contributed by atoms with E-state index in [9.17, 15) is 0 Å². The van der Waals surface area contributed by atoms with Gasteiger partial charge in [-0.25, -0.2) is 4.98 Å². The third-order valence-electron chi connectivity index (χ3n) is 3.82. The van der Waals surface area contributed by atoms with Crippen LogP contribution in [-0.2, 0) is 6.54 Å². The van der Waals surface area contributed by atoms with Gasteiger partial charge in [0.15, 0.2) is 0 Å². The topological polar surface area (TPSA) is 31.4 Å². The van der Waals surface area contributed by atoms with Gasteiger partial charge in [-0.15, -0.1) is 0 Å². The van der Waals surface area contributed by atoms with Crippen molar-refractivity contribution in [1.29, 1.82) is 0 Å². The smallest absolute Gasteiger partial charge is 0.125 e. The zero-order valence-corrected chi connectivity index (χ0v) is 11.7. The lowest BCUT2D eigenvalue weighted by molar-refractivity contribution is 0.139. The van der Waals surface area contributed by atoms with Gasteiger partial charge in [-0.3, -0.25) is 4.90 Å². The molecule has 1 fully saturated rings. The van der Waals surface area contributed by atoms with E-state index in [0.717, 1.165) is 12.4 Å². The number of nitrogens with one attached hydrogen (secondary N) is 1. The minimum absolute atomic E-state index is 0.713. The van der Waals surface area contributed by atoms with E-state index in [2.05, 4.69) is 40.3 Å². The van der Waals surface area contributed by atoms with Gasteiger partial charge >= 0.3 is 0 Å². The van der Waals surface area contributed by atoms with Crippen LogP contribution in [0.3, 0.4) is 0 Å². The molecule has 100 valence electrons. The zero-order chi connectivity index (χ0) is 13.0. The van der Waals surface area contributed by atoms with Crippen LogP contribution < -0.4 is 5.32 Å². The van der Waals surface area contributed by atoms with Crippen molar-refractivity contribution in [1.82, 2.24) is 14.8 Å². The molecule has 2 rings (SSSR count). The first-order chi connectivity index (χ1) is 8.69. The van der Waals surface area contributed by atoms with Crippen molar-refractivity contribution in [3.63, 3.8) is 0 Å². The van der Waals surface area contributed by atoms with Gasteiger partial charge in [0.05, 0.1) is 0 Å². The molecule has 1 saturated heterocycles. The Labute approximate surface area is 110 Å². The van der Waals surface area contributed by atoms with Gasteiger partial charge in [0, 0.05) is 25.8 Å². The van der Waals surface area contributed by atoms with Gasteiger partial charge in [0.1, 0.15) is 5.82 Å². The number of aromatic nitrogens is 1. The van der Waals surface area contributed by atoms with Crippen LogP contribution in [0.15, 0.2) is 18.3 Å². The Bertz CT molecular complexity index is 355. The van der Waals surface area contributed by atoms with Crippen LogP contribution in [0.5, 0.6) is 0 Å². The summed E-state index contributed by atoms with van der Waals surface area (Å²) in [6, 6.07) is 4.91. The predicted octanol–water partition coefficient (Wildman–Crippen LogP) is 1.65. The molecule has 0 unspecified atom stereocenters. The molecule has 0 saturated carbocycles. The third kappa shape index (κ3) is 3.43. The minimum atomic E-state index is 0.713. The van der Waals surface area contributed by atoms with Crippen molar-refractivity contribution in [2.75, 3.05) is 39.5 Å². The summed E-state index contributed by atoms with van der Waals surface area (Å²) in [6.07, 6.45) is 4.52. The summed E-state index contributed by atoms with van der Waals surface area (Å²) in [7, 11) is 6.32. The van der Waals surface area contributed by atoms with Crippen LogP contribution in [0.25, 0.3) is 0 Å². The molecule has 0 radical (unpaired) electrons. The second kappa shape index (κ2) is 6.16. The van der Waals surface area contributed by atoms with Crippen molar-refractivity contribution >= 4 is 5.82 Å². The highest BCUT2D eigenvalue weighted by molar-refractivity contribution is 5.34. The van der Waals surface area contributed by atoms with E-state index in [-0.39, 0.29) is 0 Å². The molecule has 0 aliphatic carbocycles. The molecule has 0 aromatic carbocycles. The summed E-state index contributed by atoms with van der Waals surface area (Å²) in [5, 5.41) is 3.05. The number of hydrogen-bond donors (Lipinski definition) is 1. The van der Waals surface area contributed by atoms with E-state index in [0.29, 0.717) is 6.04 Å². The summed E-state index contributed by atoms with van der Waals surface area (Å²) in [4.78, 5) is 9.23. The lowest BCUT2D eigenvalue weighted by Gasteiger charge is -2.35. The Kier molecular flexibility index (Phi) is 4.55. The molecular weight excluding hydrogens is 224 g/mol. The fourth-order valence-corrected chi connectivity index (χ4v) is 2.52. The number of pyridine rings is 1. The van der Waals surface area contributed by atoms with Crippen molar-refractivity contribution in [3.05, 3.63) is 23.9 Å². The number of piperidine rings is 1. The molecular formula is C14H24N4. The first kappa shape index (κ1) is 13.3. The number of hydrogen-bond acceptors (Lipinski definition) is 4. The SMILES string of the molecule is CNc1ccc(CN(C)C2CCN(C)CC2)cn1. The maximum atomic E-state index is 4.36. The quantitative estimate of drug-likeness (QED) is 0.878. The molecule has 4 heteroatoms. The molecule has 1 aliphatic rings. The number of likely N-dealkylation sites (tertiary alicyclic amines) is 1. The molecule has 1 aromatic heterocycles. The Hall–Kier alpha value is -1.13. The van der Waals surface area contributed by atoms with E-state index < -0.39 is 0 Å². The Morgan fingerprint density at radius 2 is 2.11 bits per heavy atom. The first-order valence-electron chi connectivity index (χ1n) is 6.70. The van der Waals surface area contributed by atoms with E-state index >= 15 is 0 Å². The first-order valence-corrected chi connectivity index (χ1v) is 6.70. The van der Waals surface area contributed by atoms with E-state index in [1.54, 1.807) is 0 Å². The summed E-state index contributed by atoms with van der Waals surface area (Å²) in [5.74, 6) is 0.931. The van der Waals surface area contributed by atoms with Gasteiger partial charge in [-0.2, -0.15) is 0 Å². The summed E-state index contributed by atoms with van der Waals surface area (Å²) in [5.41, 5.74) is 1.29. The van der Waals surface area contributed by atoms with Crippen molar-refractivity contribution in [2.24, 2.45) is 0 Å². The fourth-order valence-electron chi connectivity index (χ4n) is 2.52. The Morgan fingerprint density at radius 1 is 1.39 bits per heavy atom. The zero-order valence-electron chi connectivity index (χ0n) is 11.7. The molecule has 1 aliphatic heterocycles.